The normalized spacial score (nSPS) is 11.1. The number of hydrogen-bond acceptors (Lipinski definition) is 3. The van der Waals surface area contributed by atoms with Crippen LogP contribution in [0, 0.1) is 6.92 Å². The van der Waals surface area contributed by atoms with Crippen LogP contribution in [0.15, 0.2) is 47.9 Å². The van der Waals surface area contributed by atoms with Crippen molar-refractivity contribution in [3.8, 4) is 0 Å². The Morgan fingerprint density at radius 3 is 2.00 bits per heavy atom. The van der Waals surface area contributed by atoms with E-state index in [1.165, 1.54) is 70.0 Å². The molecule has 0 fully saturated rings. The van der Waals surface area contributed by atoms with Crippen molar-refractivity contribution in [2.75, 3.05) is 0 Å². The molecule has 2 rings (SSSR count). The number of imidazole rings is 1. The van der Waals surface area contributed by atoms with Crippen molar-refractivity contribution in [3.05, 3.63) is 48.5 Å². The third-order valence-corrected chi connectivity index (χ3v) is 5.25. The number of rotatable bonds is 10. The van der Waals surface area contributed by atoms with Gasteiger partial charge in [-0.05, 0) is 31.9 Å². The maximum atomic E-state index is 10.4. The van der Waals surface area contributed by atoms with Gasteiger partial charge in [-0.3, -0.25) is 0 Å². The molecule has 5 nitrogen and oxygen atoms in total. The predicted molar refractivity (Wildman–Crippen MR) is 107 cm³/mol. The van der Waals surface area contributed by atoms with E-state index in [1.54, 1.807) is 12.1 Å². The highest BCUT2D eigenvalue weighted by Crippen LogP contribution is 2.09. The standard InChI is InChI=1S/C14H27N2.C7H8O3S/c1-3-4-5-6-7-8-9-10-11-16-13-12-15(2)14-16;1-6-2-4-7(5-3-6)11(8,9)10/h12-14H,3-11H2,1-2H3;2-5H,1H3,(H,8,9,10)/q+1;/p-1. The molecule has 0 spiro atoms. The van der Waals surface area contributed by atoms with Crippen LogP contribution in [0.1, 0.15) is 63.9 Å². The van der Waals surface area contributed by atoms with Gasteiger partial charge < -0.3 is 4.55 Å². The monoisotopic (exact) mass is 394 g/mol. The van der Waals surface area contributed by atoms with E-state index in [0.717, 1.165) is 5.56 Å². The SMILES string of the molecule is CCCCCCCCCCn1cc[n+](C)c1.Cc1ccc(S(=O)(=O)[O-])cc1. The first-order valence-electron chi connectivity index (χ1n) is 9.86. The van der Waals surface area contributed by atoms with Gasteiger partial charge in [0.1, 0.15) is 22.5 Å². The van der Waals surface area contributed by atoms with E-state index in [9.17, 15) is 13.0 Å². The Morgan fingerprint density at radius 1 is 0.963 bits per heavy atom. The molecule has 152 valence electrons. The van der Waals surface area contributed by atoms with Gasteiger partial charge in [0.05, 0.1) is 18.5 Å². The molecule has 0 bridgehead atoms. The molecule has 6 heteroatoms. The van der Waals surface area contributed by atoms with Crippen LogP contribution < -0.4 is 4.57 Å². The van der Waals surface area contributed by atoms with E-state index in [0.29, 0.717) is 0 Å². The smallest absolute Gasteiger partial charge is 0.243 e. The fourth-order valence-corrected chi connectivity index (χ4v) is 3.24. The number of unbranched alkanes of at least 4 members (excludes halogenated alkanes) is 7. The maximum absolute atomic E-state index is 10.4. The molecule has 1 heterocycles. The molecule has 0 saturated carbocycles. The Labute approximate surface area is 164 Å². The Kier molecular flexibility index (Phi) is 11.0. The summed E-state index contributed by atoms with van der Waals surface area (Å²) in [5, 5.41) is 0. The number of benzene rings is 1. The summed E-state index contributed by atoms with van der Waals surface area (Å²) in [6.45, 7) is 5.27. The minimum absolute atomic E-state index is 0.178. The lowest BCUT2D eigenvalue weighted by atomic mass is 10.1. The van der Waals surface area contributed by atoms with Gasteiger partial charge in [-0.15, -0.1) is 0 Å². The van der Waals surface area contributed by atoms with E-state index < -0.39 is 10.1 Å². The number of hydrogen-bond donors (Lipinski definition) is 0. The summed E-state index contributed by atoms with van der Waals surface area (Å²) in [5.74, 6) is 0. The quantitative estimate of drug-likeness (QED) is 0.342. The third kappa shape index (κ3) is 10.9. The van der Waals surface area contributed by atoms with Gasteiger partial charge in [-0.25, -0.2) is 17.6 Å². The average molecular weight is 395 g/mol. The van der Waals surface area contributed by atoms with Crippen LogP contribution >= 0.6 is 0 Å². The zero-order valence-electron chi connectivity index (χ0n) is 16.9. The van der Waals surface area contributed by atoms with E-state index in [-0.39, 0.29) is 4.90 Å². The van der Waals surface area contributed by atoms with Gasteiger partial charge in [0.25, 0.3) is 0 Å². The Balaban J connectivity index is 0.000000289. The molecule has 0 atom stereocenters. The molecule has 0 aliphatic rings. The second-order valence-electron chi connectivity index (χ2n) is 7.06. The Hall–Kier alpha value is -1.66. The fraction of sp³-hybridized carbons (Fsp3) is 0.571. The van der Waals surface area contributed by atoms with Crippen LogP contribution in [0.3, 0.4) is 0 Å². The molecule has 2 aromatic rings. The fourth-order valence-electron chi connectivity index (χ4n) is 2.77. The molecule has 0 aliphatic heterocycles. The highest BCUT2D eigenvalue weighted by Gasteiger charge is 1.99. The number of nitrogens with zero attached hydrogens (tertiary/aromatic N) is 2. The zero-order valence-corrected chi connectivity index (χ0v) is 17.7. The molecule has 0 aliphatic carbocycles. The lowest BCUT2D eigenvalue weighted by molar-refractivity contribution is -0.671. The van der Waals surface area contributed by atoms with E-state index in [2.05, 4.69) is 41.8 Å². The van der Waals surface area contributed by atoms with Crippen LogP contribution in [-0.2, 0) is 23.7 Å². The first-order valence-corrected chi connectivity index (χ1v) is 11.3. The minimum Gasteiger partial charge on any atom is -0.744 e. The van der Waals surface area contributed by atoms with Crippen LogP contribution in [0.2, 0.25) is 0 Å². The molecular weight excluding hydrogens is 360 g/mol. The number of aromatic nitrogens is 2. The molecule has 0 radical (unpaired) electrons. The second-order valence-corrected chi connectivity index (χ2v) is 8.44. The Morgan fingerprint density at radius 2 is 1.52 bits per heavy atom. The zero-order chi connectivity index (χ0) is 20.1. The molecular formula is C21H34N2O3S. The van der Waals surface area contributed by atoms with Crippen molar-refractivity contribution >= 4 is 10.1 Å². The molecule has 0 saturated heterocycles. The maximum Gasteiger partial charge on any atom is 0.243 e. The van der Waals surface area contributed by atoms with Crippen LogP contribution in [-0.4, -0.2) is 17.5 Å². The second kappa shape index (κ2) is 12.7. The van der Waals surface area contributed by atoms with Crippen molar-refractivity contribution in [1.29, 1.82) is 0 Å². The summed E-state index contributed by atoms with van der Waals surface area (Å²) in [6, 6.07) is 5.78. The summed E-state index contributed by atoms with van der Waals surface area (Å²) in [4.78, 5) is -0.178. The lowest BCUT2D eigenvalue weighted by Gasteiger charge is -2.05. The first-order chi connectivity index (χ1) is 12.8. The molecule has 0 N–H and O–H groups in total. The summed E-state index contributed by atoms with van der Waals surface area (Å²) in [5.41, 5.74) is 0.928. The molecule has 1 aromatic heterocycles. The van der Waals surface area contributed by atoms with Crippen LogP contribution in [0.25, 0.3) is 0 Å². The summed E-state index contributed by atoms with van der Waals surface area (Å²) in [6.07, 6.45) is 17.6. The lowest BCUT2D eigenvalue weighted by Crippen LogP contribution is -2.23. The molecule has 0 amide bonds. The highest BCUT2D eigenvalue weighted by molar-refractivity contribution is 7.85. The van der Waals surface area contributed by atoms with Gasteiger partial charge in [-0.1, -0.05) is 63.1 Å². The third-order valence-electron chi connectivity index (χ3n) is 4.40. The van der Waals surface area contributed by atoms with E-state index in [1.807, 2.05) is 6.92 Å². The number of aryl methyl sites for hydroxylation is 3. The average Bonchev–Trinajstić information content (AvgIpc) is 3.03. The van der Waals surface area contributed by atoms with Crippen molar-refractivity contribution in [1.82, 2.24) is 4.57 Å². The van der Waals surface area contributed by atoms with Gasteiger partial charge >= 0.3 is 0 Å². The van der Waals surface area contributed by atoms with Crippen molar-refractivity contribution in [2.24, 2.45) is 7.05 Å². The van der Waals surface area contributed by atoms with Gasteiger partial charge in [0.15, 0.2) is 0 Å². The topological polar surface area (TPSA) is 66.0 Å². The summed E-state index contributed by atoms with van der Waals surface area (Å²) >= 11 is 0. The van der Waals surface area contributed by atoms with Gasteiger partial charge in [-0.2, -0.15) is 0 Å². The van der Waals surface area contributed by atoms with Crippen molar-refractivity contribution < 1.29 is 17.5 Å². The molecule has 0 unspecified atom stereocenters. The van der Waals surface area contributed by atoms with Crippen molar-refractivity contribution in [2.45, 2.75) is 76.7 Å². The van der Waals surface area contributed by atoms with Crippen LogP contribution in [0.5, 0.6) is 0 Å². The first kappa shape index (κ1) is 23.4. The van der Waals surface area contributed by atoms with E-state index in [4.69, 9.17) is 0 Å². The summed E-state index contributed by atoms with van der Waals surface area (Å²) < 4.78 is 35.5. The van der Waals surface area contributed by atoms with Crippen molar-refractivity contribution in [3.63, 3.8) is 0 Å². The highest BCUT2D eigenvalue weighted by atomic mass is 32.2. The predicted octanol–water partition coefficient (Wildman–Crippen LogP) is 4.35. The van der Waals surface area contributed by atoms with E-state index >= 15 is 0 Å². The van der Waals surface area contributed by atoms with Crippen LogP contribution in [0.4, 0.5) is 0 Å². The molecule has 27 heavy (non-hydrogen) atoms. The summed E-state index contributed by atoms with van der Waals surface area (Å²) in [7, 11) is -2.20. The Bertz CT molecular complexity index is 737. The largest absolute Gasteiger partial charge is 0.744 e. The van der Waals surface area contributed by atoms with Gasteiger partial charge in [0.2, 0.25) is 6.33 Å². The molecule has 1 aromatic carbocycles. The minimum atomic E-state index is -4.27. The van der Waals surface area contributed by atoms with Gasteiger partial charge in [0, 0.05) is 0 Å².